The highest BCUT2D eigenvalue weighted by Crippen LogP contribution is 2.31. The van der Waals surface area contributed by atoms with Crippen molar-refractivity contribution in [3.63, 3.8) is 0 Å². The van der Waals surface area contributed by atoms with Crippen LogP contribution >= 0.6 is 0 Å². The summed E-state index contributed by atoms with van der Waals surface area (Å²) in [5.41, 5.74) is 6.62. The Morgan fingerprint density at radius 1 is 0.630 bits per heavy atom. The van der Waals surface area contributed by atoms with Crippen LogP contribution in [-0.2, 0) is 0 Å². The third kappa shape index (κ3) is 2.75. The van der Waals surface area contributed by atoms with Gasteiger partial charge in [0.05, 0.1) is 22.7 Å². The van der Waals surface area contributed by atoms with Gasteiger partial charge in [0.1, 0.15) is 0 Å². The number of nitrogens with zero attached hydrogens (tertiary/aromatic N) is 4. The normalized spacial score (nSPS) is 11.1. The number of fused-ring (bicyclic) bond motifs is 2. The maximum Gasteiger partial charge on any atom is 0.230 e. The lowest BCUT2D eigenvalue weighted by molar-refractivity contribution is 0.453. The molecule has 0 saturated heterocycles. The fraction of sp³-hybridized carbons (Fsp3) is 0. The molecule has 0 fully saturated rings. The summed E-state index contributed by atoms with van der Waals surface area (Å²) in [6, 6.07) is 18.1. The number of benzene rings is 2. The van der Waals surface area contributed by atoms with Gasteiger partial charge in [0, 0.05) is 24.0 Å². The molecule has 128 valence electrons. The number of hydrogen-bond acceptors (Lipinski definition) is 5. The summed E-state index contributed by atoms with van der Waals surface area (Å²) in [6.07, 6.45) is 6.76. The third-order valence-electron chi connectivity index (χ3n) is 4.60. The molecular weight excluding hydrogens is 336 g/mol. The van der Waals surface area contributed by atoms with Gasteiger partial charge in [-0.15, -0.1) is 0 Å². The van der Waals surface area contributed by atoms with Crippen molar-refractivity contribution in [3.05, 3.63) is 79.4 Å². The van der Waals surface area contributed by atoms with Gasteiger partial charge in [-0.1, -0.05) is 12.1 Å². The van der Waals surface area contributed by atoms with Gasteiger partial charge in [-0.05, 0) is 64.7 Å². The van der Waals surface area contributed by atoms with Crippen molar-refractivity contribution in [3.8, 4) is 28.1 Å². The van der Waals surface area contributed by atoms with Gasteiger partial charge in [-0.2, -0.15) is 0 Å². The fourth-order valence-electron chi connectivity index (χ4n) is 3.29. The van der Waals surface area contributed by atoms with Crippen LogP contribution in [0.25, 0.3) is 44.2 Å². The van der Waals surface area contributed by atoms with Crippen molar-refractivity contribution in [1.29, 1.82) is 0 Å². The highest BCUT2D eigenvalue weighted by molar-refractivity contribution is 5.97. The van der Waals surface area contributed by atoms with E-state index in [1.54, 1.807) is 12.4 Å². The molecule has 5 nitrogen and oxygen atoms in total. The van der Waals surface area contributed by atoms with E-state index in [0.717, 1.165) is 38.7 Å². The van der Waals surface area contributed by atoms with Crippen LogP contribution in [0.4, 0.5) is 0 Å². The third-order valence-corrected chi connectivity index (χ3v) is 4.60. The van der Waals surface area contributed by atoms with E-state index < -0.39 is 0 Å². The minimum absolute atomic E-state index is 0.0812. The second-order valence-corrected chi connectivity index (χ2v) is 6.26. The Kier molecular flexibility index (Phi) is 3.50. The molecule has 0 aliphatic heterocycles. The molecule has 27 heavy (non-hydrogen) atoms. The summed E-state index contributed by atoms with van der Waals surface area (Å²) in [4.78, 5) is 16.9. The lowest BCUT2D eigenvalue weighted by Crippen LogP contribution is -1.88. The van der Waals surface area contributed by atoms with Gasteiger partial charge in [0.2, 0.25) is 5.88 Å². The van der Waals surface area contributed by atoms with Crippen LogP contribution in [0.15, 0.2) is 79.4 Å². The Morgan fingerprint density at radius 2 is 1.41 bits per heavy atom. The molecule has 0 aliphatic carbocycles. The van der Waals surface area contributed by atoms with E-state index in [9.17, 15) is 5.11 Å². The summed E-state index contributed by atoms with van der Waals surface area (Å²) in [7, 11) is 0. The van der Waals surface area contributed by atoms with E-state index in [2.05, 4.69) is 26.0 Å². The zero-order valence-corrected chi connectivity index (χ0v) is 14.2. The van der Waals surface area contributed by atoms with Gasteiger partial charge in [-0.3, -0.25) is 9.97 Å². The summed E-state index contributed by atoms with van der Waals surface area (Å²) in [5.74, 6) is -0.0812. The molecule has 5 aromatic rings. The molecule has 3 heterocycles. The van der Waals surface area contributed by atoms with Crippen LogP contribution in [0, 0.1) is 0 Å². The summed E-state index contributed by atoms with van der Waals surface area (Å²) in [5, 5.41) is 10.7. The summed E-state index contributed by atoms with van der Waals surface area (Å²) < 4.78 is 0. The van der Waals surface area contributed by atoms with Gasteiger partial charge >= 0.3 is 0 Å². The van der Waals surface area contributed by atoms with E-state index in [4.69, 9.17) is 0 Å². The zero-order valence-electron chi connectivity index (χ0n) is 14.2. The monoisotopic (exact) mass is 350 g/mol. The van der Waals surface area contributed by atoms with Crippen LogP contribution in [0.3, 0.4) is 0 Å². The SMILES string of the molecule is Oc1cnc2ccc(-c3ccc4nccc(-c5ccncc5)c4c3)cc2n1. The smallest absolute Gasteiger partial charge is 0.230 e. The Bertz CT molecular complexity index is 1290. The first-order valence-corrected chi connectivity index (χ1v) is 8.53. The Morgan fingerprint density at radius 3 is 2.26 bits per heavy atom. The molecule has 3 aromatic heterocycles. The second-order valence-electron chi connectivity index (χ2n) is 6.26. The van der Waals surface area contributed by atoms with Gasteiger partial charge in [0.25, 0.3) is 0 Å². The molecule has 5 rings (SSSR count). The highest BCUT2D eigenvalue weighted by atomic mass is 16.3. The van der Waals surface area contributed by atoms with Crippen LogP contribution in [0.1, 0.15) is 0 Å². The molecule has 0 radical (unpaired) electrons. The molecule has 5 heteroatoms. The lowest BCUT2D eigenvalue weighted by Gasteiger charge is -2.09. The molecular formula is C22H14N4O. The average molecular weight is 350 g/mol. The Hall–Kier alpha value is -3.86. The maximum absolute atomic E-state index is 9.61. The van der Waals surface area contributed by atoms with Crippen molar-refractivity contribution < 1.29 is 5.11 Å². The van der Waals surface area contributed by atoms with Crippen molar-refractivity contribution >= 4 is 21.9 Å². The summed E-state index contributed by atoms with van der Waals surface area (Å²) >= 11 is 0. The Balaban J connectivity index is 1.70. The van der Waals surface area contributed by atoms with Gasteiger partial charge < -0.3 is 5.11 Å². The van der Waals surface area contributed by atoms with E-state index in [-0.39, 0.29) is 5.88 Å². The van der Waals surface area contributed by atoms with E-state index in [1.807, 2.05) is 54.7 Å². The average Bonchev–Trinajstić information content (AvgIpc) is 2.73. The second kappa shape index (κ2) is 6.14. The number of aromatic nitrogens is 4. The molecule has 0 unspecified atom stereocenters. The zero-order chi connectivity index (χ0) is 18.2. The number of rotatable bonds is 2. The fourth-order valence-corrected chi connectivity index (χ4v) is 3.29. The number of pyridine rings is 2. The minimum Gasteiger partial charge on any atom is -0.492 e. The van der Waals surface area contributed by atoms with Crippen molar-refractivity contribution in [2.24, 2.45) is 0 Å². The first kappa shape index (κ1) is 15.4. The first-order valence-electron chi connectivity index (χ1n) is 8.53. The first-order chi connectivity index (χ1) is 13.3. The van der Waals surface area contributed by atoms with E-state index in [0.29, 0.717) is 5.52 Å². The molecule has 1 N–H and O–H groups in total. The maximum atomic E-state index is 9.61. The van der Waals surface area contributed by atoms with Crippen LogP contribution in [0.2, 0.25) is 0 Å². The molecule has 0 saturated carbocycles. The molecule has 0 aliphatic rings. The van der Waals surface area contributed by atoms with Gasteiger partial charge in [-0.25, -0.2) is 9.97 Å². The van der Waals surface area contributed by atoms with Crippen molar-refractivity contribution in [2.75, 3.05) is 0 Å². The number of aromatic hydroxyl groups is 1. The molecule has 2 aromatic carbocycles. The Labute approximate surface area is 155 Å². The highest BCUT2D eigenvalue weighted by Gasteiger charge is 2.08. The van der Waals surface area contributed by atoms with E-state index in [1.165, 1.54) is 6.20 Å². The standard InChI is InChI=1S/C22H14N4O/c27-22-13-25-20-4-2-16(12-21(20)26-22)15-1-3-19-18(11-15)17(7-10-24-19)14-5-8-23-9-6-14/h1-13H,(H,26,27). The van der Waals surface area contributed by atoms with Crippen LogP contribution in [0.5, 0.6) is 5.88 Å². The predicted molar refractivity (Wildman–Crippen MR) is 105 cm³/mol. The quantitative estimate of drug-likeness (QED) is 0.503. The molecule has 0 amide bonds. The lowest BCUT2D eigenvalue weighted by atomic mass is 9.97. The van der Waals surface area contributed by atoms with Crippen molar-refractivity contribution in [2.45, 2.75) is 0 Å². The van der Waals surface area contributed by atoms with Crippen LogP contribution < -0.4 is 0 Å². The number of hydrogen-bond donors (Lipinski definition) is 1. The topological polar surface area (TPSA) is 71.8 Å². The molecule has 0 spiro atoms. The largest absolute Gasteiger partial charge is 0.492 e. The van der Waals surface area contributed by atoms with Crippen molar-refractivity contribution in [1.82, 2.24) is 19.9 Å². The molecule has 0 atom stereocenters. The van der Waals surface area contributed by atoms with E-state index >= 15 is 0 Å². The van der Waals surface area contributed by atoms with Gasteiger partial charge in [0.15, 0.2) is 0 Å². The molecule has 0 bridgehead atoms. The minimum atomic E-state index is -0.0812. The predicted octanol–water partition coefficient (Wildman–Crippen LogP) is 4.61. The van der Waals surface area contributed by atoms with Crippen LogP contribution in [-0.4, -0.2) is 25.0 Å². The summed E-state index contributed by atoms with van der Waals surface area (Å²) in [6.45, 7) is 0.